The molecule has 1 amide bonds. The van der Waals surface area contributed by atoms with E-state index < -0.39 is 17.4 Å². The van der Waals surface area contributed by atoms with Crippen molar-refractivity contribution in [3.05, 3.63) is 5.82 Å². The third kappa shape index (κ3) is 1.88. The molecule has 0 radical (unpaired) electrons. The van der Waals surface area contributed by atoms with Gasteiger partial charge in [-0.15, -0.1) is 5.10 Å². The fraction of sp³-hybridized carbons (Fsp3) is 0.667. The van der Waals surface area contributed by atoms with Crippen LogP contribution in [-0.2, 0) is 4.79 Å². The summed E-state index contributed by atoms with van der Waals surface area (Å²) in [5, 5.41) is 17.3. The number of halogens is 2. The molecule has 1 heterocycles. The van der Waals surface area contributed by atoms with Gasteiger partial charge in [0.2, 0.25) is 5.95 Å². The molecule has 0 aliphatic heterocycles. The van der Waals surface area contributed by atoms with Crippen molar-refractivity contribution in [2.75, 3.05) is 5.32 Å². The first kappa shape index (κ1) is 11.9. The van der Waals surface area contributed by atoms with Crippen molar-refractivity contribution in [2.45, 2.75) is 37.7 Å². The van der Waals surface area contributed by atoms with Gasteiger partial charge in [-0.25, -0.2) is 0 Å². The van der Waals surface area contributed by atoms with Crippen molar-refractivity contribution < 1.29 is 18.7 Å². The Kier molecular flexibility index (Phi) is 2.61. The van der Waals surface area contributed by atoms with Crippen LogP contribution in [0.5, 0.6) is 0 Å². The van der Waals surface area contributed by atoms with E-state index in [9.17, 15) is 18.7 Å². The number of alkyl halides is 2. The minimum Gasteiger partial charge on any atom is -0.383 e. The molecule has 3 N–H and O–H groups in total. The Hall–Kier alpha value is -1.57. The highest BCUT2D eigenvalue weighted by Gasteiger charge is 2.61. The molecule has 0 saturated heterocycles. The average molecular weight is 246 g/mol. The molecule has 8 heteroatoms. The summed E-state index contributed by atoms with van der Waals surface area (Å²) in [4.78, 5) is 15.0. The molecule has 0 aromatic carbocycles. The highest BCUT2D eigenvalue weighted by molar-refractivity contribution is 5.95. The molecular formula is C9H12F2N4O2. The maximum atomic E-state index is 13.6. The lowest BCUT2D eigenvalue weighted by molar-refractivity contribution is -0.212. The number of carbonyl (C=O) groups is 1. The SMILES string of the molecule is Cc1nc(NC(=O)C(F)(F)C2(O)CCC2)n[nH]1. The van der Waals surface area contributed by atoms with E-state index >= 15 is 0 Å². The summed E-state index contributed by atoms with van der Waals surface area (Å²) in [7, 11) is 0. The minimum absolute atomic E-state index is 0.0829. The number of H-pyrrole nitrogens is 1. The van der Waals surface area contributed by atoms with Gasteiger partial charge in [0.1, 0.15) is 11.4 Å². The summed E-state index contributed by atoms with van der Waals surface area (Å²) in [6, 6.07) is 0. The van der Waals surface area contributed by atoms with Crippen LogP contribution in [0.4, 0.5) is 14.7 Å². The van der Waals surface area contributed by atoms with Crippen LogP contribution in [0.2, 0.25) is 0 Å². The Morgan fingerprint density at radius 1 is 1.59 bits per heavy atom. The van der Waals surface area contributed by atoms with Gasteiger partial charge in [-0.2, -0.15) is 13.8 Å². The largest absolute Gasteiger partial charge is 0.383 e. The number of hydrogen-bond acceptors (Lipinski definition) is 4. The molecular weight excluding hydrogens is 234 g/mol. The number of anilines is 1. The minimum atomic E-state index is -3.83. The van der Waals surface area contributed by atoms with Crippen LogP contribution in [0.1, 0.15) is 25.1 Å². The summed E-state index contributed by atoms with van der Waals surface area (Å²) in [5.74, 6) is -5.25. The Labute approximate surface area is 95.4 Å². The predicted molar refractivity (Wildman–Crippen MR) is 53.5 cm³/mol. The third-order valence-corrected chi connectivity index (χ3v) is 2.87. The second-order valence-corrected chi connectivity index (χ2v) is 4.16. The smallest absolute Gasteiger partial charge is 0.352 e. The molecule has 1 aromatic heterocycles. The summed E-state index contributed by atoms with van der Waals surface area (Å²) in [5.41, 5.74) is -2.23. The number of carbonyl (C=O) groups excluding carboxylic acids is 1. The topological polar surface area (TPSA) is 90.9 Å². The molecule has 0 unspecified atom stereocenters. The molecule has 17 heavy (non-hydrogen) atoms. The Morgan fingerprint density at radius 3 is 2.65 bits per heavy atom. The van der Waals surface area contributed by atoms with Gasteiger partial charge in [-0.1, -0.05) is 0 Å². The van der Waals surface area contributed by atoms with Crippen molar-refractivity contribution in [1.29, 1.82) is 0 Å². The number of amides is 1. The van der Waals surface area contributed by atoms with Crippen molar-refractivity contribution in [3.63, 3.8) is 0 Å². The van der Waals surface area contributed by atoms with E-state index in [0.29, 0.717) is 12.2 Å². The summed E-state index contributed by atoms with van der Waals surface area (Å²) in [6.07, 6.45) is 0.319. The molecule has 1 saturated carbocycles. The lowest BCUT2D eigenvalue weighted by Gasteiger charge is -2.41. The maximum Gasteiger partial charge on any atom is 0.352 e. The van der Waals surface area contributed by atoms with Crippen LogP contribution in [0, 0.1) is 6.92 Å². The maximum absolute atomic E-state index is 13.6. The molecule has 0 bridgehead atoms. The zero-order valence-corrected chi connectivity index (χ0v) is 9.13. The number of aryl methyl sites for hydroxylation is 1. The van der Waals surface area contributed by atoms with Crippen molar-refractivity contribution in [2.24, 2.45) is 0 Å². The predicted octanol–water partition coefficient (Wildman–Crippen LogP) is 0.602. The normalized spacial score (nSPS) is 18.6. The number of rotatable bonds is 3. The van der Waals surface area contributed by atoms with Gasteiger partial charge in [0.15, 0.2) is 0 Å². The van der Waals surface area contributed by atoms with Gasteiger partial charge in [0.05, 0.1) is 0 Å². The summed E-state index contributed by atoms with van der Waals surface area (Å²) >= 11 is 0. The van der Waals surface area contributed by atoms with Crippen LogP contribution in [0.3, 0.4) is 0 Å². The lowest BCUT2D eigenvalue weighted by atomic mass is 9.75. The van der Waals surface area contributed by atoms with E-state index in [4.69, 9.17) is 0 Å². The first-order valence-corrected chi connectivity index (χ1v) is 5.16. The van der Waals surface area contributed by atoms with Crippen molar-refractivity contribution in [3.8, 4) is 0 Å². The van der Waals surface area contributed by atoms with Gasteiger partial charge >= 0.3 is 5.92 Å². The van der Waals surface area contributed by atoms with Crippen molar-refractivity contribution in [1.82, 2.24) is 15.2 Å². The fourth-order valence-electron chi connectivity index (χ4n) is 1.62. The van der Waals surface area contributed by atoms with E-state index in [-0.39, 0.29) is 18.8 Å². The summed E-state index contributed by atoms with van der Waals surface area (Å²) in [6.45, 7) is 1.57. The second-order valence-electron chi connectivity index (χ2n) is 4.16. The molecule has 0 atom stereocenters. The first-order valence-electron chi connectivity index (χ1n) is 5.16. The summed E-state index contributed by atoms with van der Waals surface area (Å²) < 4.78 is 27.2. The molecule has 0 spiro atoms. The molecule has 1 aliphatic rings. The van der Waals surface area contributed by atoms with Crippen LogP contribution in [0.25, 0.3) is 0 Å². The first-order chi connectivity index (χ1) is 7.85. The number of nitrogens with zero attached hydrogens (tertiary/aromatic N) is 2. The van der Waals surface area contributed by atoms with Gasteiger partial charge in [0, 0.05) is 0 Å². The molecule has 1 aliphatic carbocycles. The zero-order chi connectivity index (χ0) is 12.7. The van der Waals surface area contributed by atoms with Crippen LogP contribution in [-0.4, -0.2) is 37.7 Å². The Balaban J connectivity index is 2.09. The zero-order valence-electron chi connectivity index (χ0n) is 9.13. The molecule has 94 valence electrons. The third-order valence-electron chi connectivity index (χ3n) is 2.87. The van der Waals surface area contributed by atoms with Gasteiger partial charge in [-0.05, 0) is 26.2 Å². The van der Waals surface area contributed by atoms with E-state index in [1.165, 1.54) is 0 Å². The van der Waals surface area contributed by atoms with Crippen molar-refractivity contribution >= 4 is 11.9 Å². The number of aromatic amines is 1. The van der Waals surface area contributed by atoms with E-state index in [0.717, 1.165) is 0 Å². The van der Waals surface area contributed by atoms with Crippen LogP contribution >= 0.6 is 0 Å². The number of nitrogens with one attached hydrogen (secondary N) is 2. The molecule has 1 aromatic rings. The van der Waals surface area contributed by atoms with Gasteiger partial charge in [0.25, 0.3) is 5.91 Å². The van der Waals surface area contributed by atoms with Gasteiger partial charge in [-0.3, -0.25) is 15.2 Å². The monoisotopic (exact) mass is 246 g/mol. The average Bonchev–Trinajstić information content (AvgIpc) is 2.60. The lowest BCUT2D eigenvalue weighted by Crippen LogP contribution is -2.59. The number of aromatic nitrogens is 3. The Bertz CT molecular complexity index is 442. The molecule has 6 nitrogen and oxygen atoms in total. The van der Waals surface area contributed by atoms with E-state index in [1.807, 2.05) is 5.32 Å². The molecule has 2 rings (SSSR count). The van der Waals surface area contributed by atoms with Gasteiger partial charge < -0.3 is 5.11 Å². The Morgan fingerprint density at radius 2 is 2.24 bits per heavy atom. The fourth-order valence-corrected chi connectivity index (χ4v) is 1.62. The van der Waals surface area contributed by atoms with Crippen LogP contribution < -0.4 is 5.32 Å². The number of hydrogen-bond donors (Lipinski definition) is 3. The standard InChI is InChI=1S/C9H12F2N4O2/c1-5-12-7(15-14-5)13-6(16)9(10,11)8(17)3-2-4-8/h17H,2-4H2,1H3,(H2,12,13,14,15,16). The number of aliphatic hydroxyl groups is 1. The highest BCUT2D eigenvalue weighted by atomic mass is 19.3. The van der Waals surface area contributed by atoms with E-state index in [2.05, 4.69) is 15.2 Å². The second kappa shape index (κ2) is 3.73. The van der Waals surface area contributed by atoms with E-state index in [1.54, 1.807) is 6.92 Å². The quantitative estimate of drug-likeness (QED) is 0.728. The highest BCUT2D eigenvalue weighted by Crippen LogP contribution is 2.44. The van der Waals surface area contributed by atoms with Crippen LogP contribution in [0.15, 0.2) is 0 Å². The molecule has 1 fully saturated rings.